The van der Waals surface area contributed by atoms with E-state index in [0.29, 0.717) is 12.5 Å². The first kappa shape index (κ1) is 17.3. The van der Waals surface area contributed by atoms with E-state index in [9.17, 15) is 4.79 Å². The van der Waals surface area contributed by atoms with Crippen LogP contribution in [0.25, 0.3) is 10.2 Å². The summed E-state index contributed by atoms with van der Waals surface area (Å²) in [7, 11) is 0. The number of hydrogen-bond acceptors (Lipinski definition) is 5. The van der Waals surface area contributed by atoms with Gasteiger partial charge in [0.05, 0.1) is 11.7 Å². The Morgan fingerprint density at radius 3 is 2.96 bits per heavy atom. The van der Waals surface area contributed by atoms with E-state index in [1.807, 2.05) is 17.1 Å². The fourth-order valence-corrected chi connectivity index (χ4v) is 4.94. The molecule has 1 aliphatic rings. The highest BCUT2D eigenvalue weighted by molar-refractivity contribution is 7.18. The Hall–Kier alpha value is -2.15. The van der Waals surface area contributed by atoms with E-state index < -0.39 is 0 Å². The molecule has 1 aliphatic carbocycles. The number of rotatable bonds is 7. The van der Waals surface area contributed by atoms with Crippen molar-refractivity contribution in [2.75, 3.05) is 11.9 Å². The highest BCUT2D eigenvalue weighted by Crippen LogP contribution is 2.34. The quantitative estimate of drug-likeness (QED) is 0.646. The van der Waals surface area contributed by atoms with Crippen molar-refractivity contribution in [1.82, 2.24) is 19.1 Å². The molecule has 3 aromatic heterocycles. The van der Waals surface area contributed by atoms with E-state index in [-0.39, 0.29) is 5.56 Å². The number of nitrogens with one attached hydrogen (secondary N) is 1. The zero-order valence-corrected chi connectivity index (χ0v) is 16.0. The van der Waals surface area contributed by atoms with Gasteiger partial charge in [-0.1, -0.05) is 6.92 Å². The predicted octanol–water partition coefficient (Wildman–Crippen LogP) is 3.45. The Morgan fingerprint density at radius 1 is 1.27 bits per heavy atom. The number of hydrogen-bond donors (Lipinski definition) is 1. The molecular formula is C19H25N5OS. The molecule has 0 aromatic carbocycles. The van der Waals surface area contributed by atoms with Gasteiger partial charge in [0.25, 0.3) is 5.56 Å². The summed E-state index contributed by atoms with van der Waals surface area (Å²) in [6.45, 7) is 4.49. The van der Waals surface area contributed by atoms with Crippen molar-refractivity contribution in [3.05, 3.63) is 39.5 Å². The van der Waals surface area contributed by atoms with E-state index >= 15 is 0 Å². The molecule has 138 valence electrons. The number of thiophene rings is 1. The van der Waals surface area contributed by atoms with Crippen molar-refractivity contribution in [2.24, 2.45) is 0 Å². The van der Waals surface area contributed by atoms with Gasteiger partial charge in [-0.25, -0.2) is 9.97 Å². The maximum atomic E-state index is 13.2. The Morgan fingerprint density at radius 2 is 2.15 bits per heavy atom. The Bertz CT molecular complexity index is 941. The van der Waals surface area contributed by atoms with Crippen LogP contribution in [-0.4, -0.2) is 25.6 Å². The Balaban J connectivity index is 1.60. The average Bonchev–Trinajstić information content (AvgIpc) is 3.28. The average molecular weight is 372 g/mol. The normalized spacial score (nSPS) is 13.9. The summed E-state index contributed by atoms with van der Waals surface area (Å²) in [5, 5.41) is 4.28. The third kappa shape index (κ3) is 3.28. The SMILES string of the molecule is CCCn1c(NCCCn2ccnc2)nc2sc3c(c2c1=O)CCCC3. The van der Waals surface area contributed by atoms with Gasteiger partial charge in [0.2, 0.25) is 5.95 Å². The van der Waals surface area contributed by atoms with E-state index in [0.717, 1.165) is 49.0 Å². The molecule has 0 radical (unpaired) electrons. The van der Waals surface area contributed by atoms with Crippen molar-refractivity contribution in [3.8, 4) is 0 Å². The first-order chi connectivity index (χ1) is 12.8. The number of aromatic nitrogens is 4. The van der Waals surface area contributed by atoms with Crippen LogP contribution < -0.4 is 10.9 Å². The number of imidazole rings is 1. The highest BCUT2D eigenvalue weighted by Gasteiger charge is 2.21. The maximum absolute atomic E-state index is 13.2. The minimum absolute atomic E-state index is 0.133. The summed E-state index contributed by atoms with van der Waals surface area (Å²) in [5.74, 6) is 0.716. The van der Waals surface area contributed by atoms with Crippen molar-refractivity contribution in [3.63, 3.8) is 0 Å². The summed E-state index contributed by atoms with van der Waals surface area (Å²) in [5.41, 5.74) is 1.40. The largest absolute Gasteiger partial charge is 0.355 e. The lowest BCUT2D eigenvalue weighted by Crippen LogP contribution is -2.26. The second kappa shape index (κ2) is 7.61. The lowest BCUT2D eigenvalue weighted by atomic mass is 9.97. The van der Waals surface area contributed by atoms with Crippen molar-refractivity contribution in [2.45, 2.75) is 58.5 Å². The standard InChI is InChI=1S/C19H25N5OS/c1-2-10-24-18(25)16-14-6-3-4-7-15(14)26-17(16)22-19(24)21-8-5-11-23-12-9-20-13-23/h9,12-13H,2-8,10-11H2,1H3,(H,21,22). The van der Waals surface area contributed by atoms with E-state index in [4.69, 9.17) is 4.98 Å². The molecule has 1 N–H and O–H groups in total. The third-order valence-electron chi connectivity index (χ3n) is 4.96. The zero-order valence-electron chi connectivity index (χ0n) is 15.2. The van der Waals surface area contributed by atoms with Gasteiger partial charge in [-0.2, -0.15) is 0 Å². The van der Waals surface area contributed by atoms with Crippen LogP contribution in [0.15, 0.2) is 23.5 Å². The van der Waals surface area contributed by atoms with Crippen LogP contribution in [0.5, 0.6) is 0 Å². The number of anilines is 1. The van der Waals surface area contributed by atoms with Gasteiger partial charge in [0.1, 0.15) is 4.83 Å². The molecule has 3 heterocycles. The van der Waals surface area contributed by atoms with Gasteiger partial charge in [0, 0.05) is 36.9 Å². The van der Waals surface area contributed by atoms with Crippen LogP contribution in [0.2, 0.25) is 0 Å². The zero-order chi connectivity index (χ0) is 17.9. The van der Waals surface area contributed by atoms with Gasteiger partial charge >= 0.3 is 0 Å². The molecule has 0 fully saturated rings. The van der Waals surface area contributed by atoms with Crippen LogP contribution in [0.4, 0.5) is 5.95 Å². The molecular weight excluding hydrogens is 346 g/mol. The van der Waals surface area contributed by atoms with Crippen LogP contribution in [0.3, 0.4) is 0 Å². The number of nitrogens with zero attached hydrogens (tertiary/aromatic N) is 4. The molecule has 0 saturated heterocycles. The minimum Gasteiger partial charge on any atom is -0.355 e. The molecule has 0 aliphatic heterocycles. The second-order valence-corrected chi connectivity index (χ2v) is 7.95. The van der Waals surface area contributed by atoms with Gasteiger partial charge in [-0.3, -0.25) is 9.36 Å². The van der Waals surface area contributed by atoms with Crippen molar-refractivity contribution >= 4 is 27.5 Å². The smallest absolute Gasteiger partial charge is 0.263 e. The number of fused-ring (bicyclic) bond motifs is 3. The first-order valence-corrected chi connectivity index (χ1v) is 10.3. The molecule has 0 unspecified atom stereocenters. The maximum Gasteiger partial charge on any atom is 0.263 e. The van der Waals surface area contributed by atoms with E-state index in [1.54, 1.807) is 17.5 Å². The Labute approximate surface area is 156 Å². The first-order valence-electron chi connectivity index (χ1n) is 9.52. The topological polar surface area (TPSA) is 64.7 Å². The molecule has 6 nitrogen and oxygen atoms in total. The van der Waals surface area contributed by atoms with Gasteiger partial charge < -0.3 is 9.88 Å². The lowest BCUT2D eigenvalue weighted by Gasteiger charge is -2.14. The number of aryl methyl sites for hydroxylation is 3. The van der Waals surface area contributed by atoms with Crippen molar-refractivity contribution < 1.29 is 0 Å². The minimum atomic E-state index is 0.133. The monoisotopic (exact) mass is 371 g/mol. The van der Waals surface area contributed by atoms with Crippen LogP contribution in [0, 0.1) is 0 Å². The molecule has 3 aromatic rings. The molecule has 0 amide bonds. The summed E-state index contributed by atoms with van der Waals surface area (Å²) in [4.78, 5) is 24.4. The molecule has 0 bridgehead atoms. The molecule has 4 rings (SSSR count). The van der Waals surface area contributed by atoms with Gasteiger partial charge in [-0.15, -0.1) is 11.3 Å². The molecule has 26 heavy (non-hydrogen) atoms. The molecule has 7 heteroatoms. The summed E-state index contributed by atoms with van der Waals surface area (Å²) >= 11 is 1.72. The van der Waals surface area contributed by atoms with E-state index in [2.05, 4.69) is 21.8 Å². The Kier molecular flexibility index (Phi) is 5.06. The lowest BCUT2D eigenvalue weighted by molar-refractivity contribution is 0.634. The fraction of sp³-hybridized carbons (Fsp3) is 0.526. The van der Waals surface area contributed by atoms with Crippen LogP contribution in [0.1, 0.15) is 43.0 Å². The highest BCUT2D eigenvalue weighted by atomic mass is 32.1. The molecule has 0 saturated carbocycles. The van der Waals surface area contributed by atoms with Gasteiger partial charge in [-0.05, 0) is 44.1 Å². The van der Waals surface area contributed by atoms with Crippen LogP contribution >= 0.6 is 11.3 Å². The summed E-state index contributed by atoms with van der Waals surface area (Å²) in [6, 6.07) is 0. The fourth-order valence-electron chi connectivity index (χ4n) is 3.69. The predicted molar refractivity (Wildman–Crippen MR) is 106 cm³/mol. The van der Waals surface area contributed by atoms with Crippen LogP contribution in [-0.2, 0) is 25.9 Å². The third-order valence-corrected chi connectivity index (χ3v) is 6.14. The van der Waals surface area contributed by atoms with E-state index in [1.165, 1.54) is 23.3 Å². The summed E-state index contributed by atoms with van der Waals surface area (Å²) in [6.07, 6.45) is 12.0. The van der Waals surface area contributed by atoms with Crippen molar-refractivity contribution in [1.29, 1.82) is 0 Å². The molecule has 0 spiro atoms. The molecule has 0 atom stereocenters. The summed E-state index contributed by atoms with van der Waals surface area (Å²) < 4.78 is 3.89. The van der Waals surface area contributed by atoms with Gasteiger partial charge in [0.15, 0.2) is 0 Å². The second-order valence-electron chi connectivity index (χ2n) is 6.86.